The van der Waals surface area contributed by atoms with E-state index in [1.807, 2.05) is 19.1 Å². The monoisotopic (exact) mass is 577 g/mol. The second-order valence-electron chi connectivity index (χ2n) is 8.99. The average Bonchev–Trinajstić information content (AvgIpc) is 2.86. The Balaban J connectivity index is 2.10. The van der Waals surface area contributed by atoms with Gasteiger partial charge in [-0.1, -0.05) is 30.3 Å². The molecule has 0 aliphatic carbocycles. The fraction of sp³-hybridized carbons (Fsp3) is 0.320. The molecule has 14 nitrogen and oxygen atoms in total. The van der Waals surface area contributed by atoms with Crippen LogP contribution in [0.1, 0.15) is 24.0 Å². The van der Waals surface area contributed by atoms with Gasteiger partial charge in [-0.05, 0) is 42.7 Å². The number of sulfone groups is 1. The van der Waals surface area contributed by atoms with Gasteiger partial charge < -0.3 is 26.6 Å². The maximum absolute atomic E-state index is 12.9. The molecule has 0 radical (unpaired) electrons. The highest BCUT2D eigenvalue weighted by Gasteiger charge is 2.36. The molecule has 0 bridgehead atoms. The number of carbonyl (C=O) groups is 5. The maximum atomic E-state index is 12.9. The summed E-state index contributed by atoms with van der Waals surface area (Å²) < 4.78 is 22.9. The highest BCUT2D eigenvalue weighted by Crippen LogP contribution is 2.15. The van der Waals surface area contributed by atoms with Crippen LogP contribution in [0, 0.1) is 6.92 Å². The van der Waals surface area contributed by atoms with Crippen molar-refractivity contribution in [2.45, 2.75) is 38.3 Å². The van der Waals surface area contributed by atoms with E-state index < -0.39 is 63.9 Å². The van der Waals surface area contributed by atoms with Crippen LogP contribution in [0.25, 0.3) is 0 Å². The first-order valence-corrected chi connectivity index (χ1v) is 14.0. The predicted molar refractivity (Wildman–Crippen MR) is 145 cm³/mol. The number of nitrogens with one attached hydrogen (secondary N) is 3. The van der Waals surface area contributed by atoms with Gasteiger partial charge >= 0.3 is 18.0 Å². The van der Waals surface area contributed by atoms with E-state index >= 15 is 0 Å². The van der Waals surface area contributed by atoms with Crippen LogP contribution in [-0.2, 0) is 35.4 Å². The number of carboxylic acids is 2. The number of amides is 4. The molecule has 1 unspecified atom stereocenters. The number of hydrogen-bond donors (Lipinski definition) is 6. The number of rotatable bonds is 12. The average molecular weight is 578 g/mol. The first-order chi connectivity index (χ1) is 18.7. The standard InChI is InChI=1S/C25H31N5O9S/c1-15-5-3-4-6-19(15)28-25(37)27-17-9-7-16(8-10-17)13-21(31)29-30(20(24(35)36)14-22(32)33)23(34)18(26)11-12-40(2,38)39/h3-10,18,20H,11-14,26H2,1-2H3,(H,29,31)(H,32,33)(H,35,36)(H2,27,28,37)/t18?,20-/m0/s1. The van der Waals surface area contributed by atoms with Crippen molar-refractivity contribution in [3.05, 3.63) is 59.7 Å². The minimum atomic E-state index is -3.51. The van der Waals surface area contributed by atoms with Crippen molar-refractivity contribution in [1.29, 1.82) is 0 Å². The van der Waals surface area contributed by atoms with Gasteiger partial charge in [0.1, 0.15) is 9.84 Å². The number of nitrogens with two attached hydrogens (primary N) is 1. The molecule has 0 saturated carbocycles. The highest BCUT2D eigenvalue weighted by atomic mass is 32.2. The Kier molecular flexibility index (Phi) is 11.1. The summed E-state index contributed by atoms with van der Waals surface area (Å²) in [5.41, 5.74) is 10.2. The molecule has 0 heterocycles. The van der Waals surface area contributed by atoms with Crippen molar-refractivity contribution >= 4 is 51.0 Å². The first kappa shape index (κ1) is 31.7. The van der Waals surface area contributed by atoms with Gasteiger partial charge in [-0.3, -0.25) is 19.8 Å². The quantitative estimate of drug-likeness (QED) is 0.194. The first-order valence-electron chi connectivity index (χ1n) is 11.9. The Bertz CT molecular complexity index is 1360. The van der Waals surface area contributed by atoms with Crippen LogP contribution in [-0.4, -0.2) is 77.5 Å². The summed E-state index contributed by atoms with van der Waals surface area (Å²) in [5.74, 6) is -5.78. The molecule has 0 aliphatic heterocycles. The molecule has 0 spiro atoms. The van der Waals surface area contributed by atoms with Crippen LogP contribution in [0.2, 0.25) is 0 Å². The van der Waals surface area contributed by atoms with Gasteiger partial charge in [0.15, 0.2) is 6.04 Å². The van der Waals surface area contributed by atoms with E-state index in [1.54, 1.807) is 12.1 Å². The maximum Gasteiger partial charge on any atom is 0.329 e. The molecule has 0 aromatic heterocycles. The SMILES string of the molecule is Cc1ccccc1NC(=O)Nc1ccc(CC(=O)NN(C(=O)C(N)CCS(C)(=O)=O)[C@@H](CC(=O)O)C(=O)O)cc1. The minimum absolute atomic E-state index is 0.317. The third-order valence-corrected chi connectivity index (χ3v) is 6.51. The van der Waals surface area contributed by atoms with Crippen LogP contribution >= 0.6 is 0 Å². The van der Waals surface area contributed by atoms with Crippen LogP contribution in [0.4, 0.5) is 16.2 Å². The van der Waals surface area contributed by atoms with Crippen molar-refractivity contribution in [2.24, 2.45) is 5.73 Å². The normalized spacial score (nSPS) is 12.5. The Labute approximate surface area is 230 Å². The van der Waals surface area contributed by atoms with Crippen LogP contribution < -0.4 is 21.8 Å². The van der Waals surface area contributed by atoms with Crippen molar-refractivity contribution in [2.75, 3.05) is 22.6 Å². The lowest BCUT2D eigenvalue weighted by atomic mass is 10.1. The van der Waals surface area contributed by atoms with E-state index in [2.05, 4.69) is 16.1 Å². The van der Waals surface area contributed by atoms with E-state index in [0.29, 0.717) is 21.9 Å². The molecular weight excluding hydrogens is 546 g/mol. The molecule has 7 N–H and O–H groups in total. The van der Waals surface area contributed by atoms with E-state index in [1.165, 1.54) is 24.3 Å². The molecule has 15 heteroatoms. The number of benzene rings is 2. The number of hydrazine groups is 1. The second kappa shape index (κ2) is 14.0. The number of aryl methyl sites for hydroxylation is 1. The zero-order valence-corrected chi connectivity index (χ0v) is 22.6. The smallest absolute Gasteiger partial charge is 0.329 e. The van der Waals surface area contributed by atoms with E-state index in [4.69, 9.17) is 10.8 Å². The summed E-state index contributed by atoms with van der Waals surface area (Å²) in [6, 6.07) is 9.26. The molecule has 2 aromatic carbocycles. The Morgan fingerprint density at radius 3 is 2.15 bits per heavy atom. The van der Waals surface area contributed by atoms with Gasteiger partial charge in [0.05, 0.1) is 24.6 Å². The van der Waals surface area contributed by atoms with Crippen LogP contribution in [0.15, 0.2) is 48.5 Å². The fourth-order valence-corrected chi connectivity index (χ4v) is 4.13. The number of urea groups is 1. The predicted octanol–water partition coefficient (Wildman–Crippen LogP) is 0.731. The van der Waals surface area contributed by atoms with E-state index in [0.717, 1.165) is 11.8 Å². The number of para-hydroxylation sites is 1. The molecule has 40 heavy (non-hydrogen) atoms. The van der Waals surface area contributed by atoms with Gasteiger partial charge in [-0.15, -0.1) is 0 Å². The summed E-state index contributed by atoms with van der Waals surface area (Å²) >= 11 is 0. The lowest BCUT2D eigenvalue weighted by Crippen LogP contribution is -2.60. The molecule has 2 rings (SSSR count). The zero-order valence-electron chi connectivity index (χ0n) is 21.8. The van der Waals surface area contributed by atoms with Crippen molar-refractivity contribution < 1.29 is 42.6 Å². The number of aliphatic carboxylic acids is 2. The van der Waals surface area contributed by atoms with E-state index in [9.17, 15) is 37.5 Å². The lowest BCUT2D eigenvalue weighted by molar-refractivity contribution is -0.160. The number of nitrogens with zero attached hydrogens (tertiary/aromatic N) is 1. The summed E-state index contributed by atoms with van der Waals surface area (Å²) in [6.07, 6.45) is -0.858. The number of anilines is 2. The largest absolute Gasteiger partial charge is 0.481 e. The number of hydrogen-bond acceptors (Lipinski definition) is 8. The third-order valence-electron chi connectivity index (χ3n) is 5.53. The molecular formula is C25H31N5O9S. The third kappa shape index (κ3) is 10.3. The number of carbonyl (C=O) groups excluding carboxylic acids is 3. The lowest BCUT2D eigenvalue weighted by Gasteiger charge is -2.30. The number of carboxylic acid groups (broad SMARTS) is 2. The summed E-state index contributed by atoms with van der Waals surface area (Å²) in [6.45, 7) is 1.84. The Hall–Kier alpha value is -4.50. The van der Waals surface area contributed by atoms with Crippen molar-refractivity contribution in [3.63, 3.8) is 0 Å². The molecule has 0 fully saturated rings. The van der Waals surface area contributed by atoms with Crippen molar-refractivity contribution in [1.82, 2.24) is 10.4 Å². The molecule has 4 amide bonds. The van der Waals surface area contributed by atoms with Crippen LogP contribution in [0.3, 0.4) is 0 Å². The fourth-order valence-electron chi connectivity index (χ4n) is 3.45. The van der Waals surface area contributed by atoms with Gasteiger partial charge in [-0.25, -0.2) is 23.0 Å². The summed E-state index contributed by atoms with van der Waals surface area (Å²) in [7, 11) is -3.51. The second-order valence-corrected chi connectivity index (χ2v) is 11.2. The van der Waals surface area contributed by atoms with Gasteiger partial charge in [-0.2, -0.15) is 0 Å². The summed E-state index contributed by atoms with van der Waals surface area (Å²) in [5, 5.41) is 24.3. The summed E-state index contributed by atoms with van der Waals surface area (Å²) in [4.78, 5) is 60.8. The Morgan fingerprint density at radius 2 is 1.60 bits per heavy atom. The molecule has 0 saturated heterocycles. The van der Waals surface area contributed by atoms with Gasteiger partial charge in [0.25, 0.3) is 5.91 Å². The molecule has 2 aromatic rings. The Morgan fingerprint density at radius 1 is 0.975 bits per heavy atom. The van der Waals surface area contributed by atoms with Gasteiger partial charge in [0.2, 0.25) is 5.91 Å². The van der Waals surface area contributed by atoms with Crippen LogP contribution in [0.5, 0.6) is 0 Å². The van der Waals surface area contributed by atoms with E-state index in [-0.39, 0.29) is 12.8 Å². The highest BCUT2D eigenvalue weighted by molar-refractivity contribution is 7.90. The van der Waals surface area contributed by atoms with Crippen molar-refractivity contribution in [3.8, 4) is 0 Å². The zero-order chi connectivity index (χ0) is 30.0. The van der Waals surface area contributed by atoms with Gasteiger partial charge in [0, 0.05) is 17.6 Å². The molecule has 2 atom stereocenters. The molecule has 216 valence electrons. The molecule has 0 aliphatic rings. The topological polar surface area (TPSA) is 225 Å². The minimum Gasteiger partial charge on any atom is -0.481 e.